The van der Waals surface area contributed by atoms with E-state index < -0.39 is 5.41 Å². The highest BCUT2D eigenvalue weighted by Gasteiger charge is 2.26. The number of rotatable bonds is 4. The predicted molar refractivity (Wildman–Crippen MR) is 71.9 cm³/mol. The number of hydrogen-bond acceptors (Lipinski definition) is 3. The van der Waals surface area contributed by atoms with Crippen LogP contribution in [0.3, 0.4) is 0 Å². The van der Waals surface area contributed by atoms with Crippen molar-refractivity contribution in [1.29, 1.82) is 0 Å². The van der Waals surface area contributed by atoms with Gasteiger partial charge in [-0.15, -0.1) is 0 Å². The lowest BCUT2D eigenvalue weighted by molar-refractivity contribution is -0.128. The molecule has 0 aromatic heterocycles. The van der Waals surface area contributed by atoms with Crippen LogP contribution in [0.1, 0.15) is 19.4 Å². The molecule has 0 aliphatic heterocycles. The lowest BCUT2D eigenvalue weighted by Gasteiger charge is -2.24. The molecule has 0 saturated heterocycles. The van der Waals surface area contributed by atoms with Crippen molar-refractivity contribution >= 4 is 17.3 Å². The smallest absolute Gasteiger partial charge is 0.227 e. The van der Waals surface area contributed by atoms with Gasteiger partial charge in [0.2, 0.25) is 5.91 Å². The van der Waals surface area contributed by atoms with Crippen LogP contribution in [-0.4, -0.2) is 19.5 Å². The average molecular weight is 253 g/mol. The number of aryl methyl sites for hydroxylation is 1. The lowest BCUT2D eigenvalue weighted by atomic mass is 9.92. The first-order valence-corrected chi connectivity index (χ1v) is 5.79. The summed E-state index contributed by atoms with van der Waals surface area (Å²) in [4.78, 5) is 11.6. The number of nitrogens with one attached hydrogen (secondary N) is 2. The van der Waals surface area contributed by atoms with Crippen LogP contribution >= 0.6 is 0 Å². The number of carbonyl (C=O) groups is 1. The number of halogens is 1. The first-order valence-electron chi connectivity index (χ1n) is 5.79. The molecule has 1 rings (SSSR count). The zero-order chi connectivity index (χ0) is 13.9. The zero-order valence-corrected chi connectivity index (χ0v) is 11.2. The number of benzene rings is 1. The van der Waals surface area contributed by atoms with E-state index in [9.17, 15) is 9.18 Å². The molecule has 0 bridgehead atoms. The Balaban J connectivity index is 2.81. The summed E-state index contributed by atoms with van der Waals surface area (Å²) in [6.07, 6.45) is 0. The van der Waals surface area contributed by atoms with E-state index in [0.29, 0.717) is 23.5 Å². The SMILES string of the molecule is CNC(=O)C(C)(C)CNc1cc(C)c(F)cc1N. The van der Waals surface area contributed by atoms with Crippen molar-refractivity contribution < 1.29 is 9.18 Å². The van der Waals surface area contributed by atoms with E-state index in [4.69, 9.17) is 5.73 Å². The number of nitrogens with two attached hydrogens (primary N) is 1. The van der Waals surface area contributed by atoms with Gasteiger partial charge in [0.15, 0.2) is 0 Å². The van der Waals surface area contributed by atoms with Crippen LogP contribution in [0.4, 0.5) is 15.8 Å². The van der Waals surface area contributed by atoms with Gasteiger partial charge in [-0.1, -0.05) is 0 Å². The fourth-order valence-corrected chi connectivity index (χ4v) is 1.58. The average Bonchev–Trinajstić information content (AvgIpc) is 2.31. The molecule has 0 radical (unpaired) electrons. The first kappa shape index (κ1) is 14.3. The summed E-state index contributed by atoms with van der Waals surface area (Å²) in [6.45, 7) is 5.74. The van der Waals surface area contributed by atoms with Crippen molar-refractivity contribution in [2.75, 3.05) is 24.6 Å². The molecule has 100 valence electrons. The number of carbonyl (C=O) groups excluding carboxylic acids is 1. The van der Waals surface area contributed by atoms with Gasteiger partial charge in [0.25, 0.3) is 0 Å². The minimum absolute atomic E-state index is 0.0626. The molecule has 0 aliphatic carbocycles. The Morgan fingerprint density at radius 1 is 1.44 bits per heavy atom. The van der Waals surface area contributed by atoms with Gasteiger partial charge < -0.3 is 16.4 Å². The minimum Gasteiger partial charge on any atom is -0.397 e. The van der Waals surface area contributed by atoms with Gasteiger partial charge in [-0.3, -0.25) is 4.79 Å². The Bertz CT molecular complexity index is 458. The highest BCUT2D eigenvalue weighted by atomic mass is 19.1. The van der Waals surface area contributed by atoms with Crippen LogP contribution in [0.25, 0.3) is 0 Å². The topological polar surface area (TPSA) is 67.2 Å². The van der Waals surface area contributed by atoms with Crippen molar-refractivity contribution in [3.05, 3.63) is 23.5 Å². The Hall–Kier alpha value is -1.78. The second-order valence-corrected chi connectivity index (χ2v) is 5.01. The van der Waals surface area contributed by atoms with Gasteiger partial charge >= 0.3 is 0 Å². The number of nitrogen functional groups attached to an aromatic ring is 1. The molecule has 0 aliphatic rings. The molecule has 1 aromatic carbocycles. The predicted octanol–water partition coefficient (Wildman–Crippen LogP) is 1.90. The van der Waals surface area contributed by atoms with Crippen molar-refractivity contribution in [2.24, 2.45) is 5.41 Å². The van der Waals surface area contributed by atoms with Gasteiger partial charge in [-0.05, 0) is 38.5 Å². The molecule has 1 aromatic rings. The Morgan fingerprint density at radius 3 is 2.61 bits per heavy atom. The second-order valence-electron chi connectivity index (χ2n) is 5.01. The van der Waals surface area contributed by atoms with Crippen molar-refractivity contribution in [1.82, 2.24) is 5.32 Å². The maximum absolute atomic E-state index is 13.2. The van der Waals surface area contributed by atoms with Crippen molar-refractivity contribution in [2.45, 2.75) is 20.8 Å². The molecule has 4 nitrogen and oxygen atoms in total. The van der Waals surface area contributed by atoms with E-state index in [0.717, 1.165) is 0 Å². The number of amides is 1. The van der Waals surface area contributed by atoms with E-state index in [1.807, 2.05) is 13.8 Å². The van der Waals surface area contributed by atoms with Gasteiger partial charge in [-0.2, -0.15) is 0 Å². The Labute approximate surface area is 107 Å². The third-order valence-corrected chi connectivity index (χ3v) is 2.89. The molecule has 0 saturated carbocycles. The zero-order valence-electron chi connectivity index (χ0n) is 11.2. The maximum atomic E-state index is 13.2. The van der Waals surface area contributed by atoms with Crippen molar-refractivity contribution in [3.8, 4) is 0 Å². The molecule has 0 spiro atoms. The maximum Gasteiger partial charge on any atom is 0.227 e. The summed E-state index contributed by atoms with van der Waals surface area (Å²) in [5, 5.41) is 5.69. The normalized spacial score (nSPS) is 11.2. The van der Waals surface area contributed by atoms with Crippen LogP contribution in [0, 0.1) is 18.2 Å². The molecule has 0 unspecified atom stereocenters. The minimum atomic E-state index is -0.566. The quantitative estimate of drug-likeness (QED) is 0.718. The molecule has 0 atom stereocenters. The molecule has 18 heavy (non-hydrogen) atoms. The van der Waals surface area contributed by atoms with E-state index in [2.05, 4.69) is 10.6 Å². The molecular weight excluding hydrogens is 233 g/mol. The standard InChI is InChI=1S/C13H20FN3O/c1-8-5-11(10(15)6-9(8)14)17-7-13(2,3)12(18)16-4/h5-6,17H,7,15H2,1-4H3,(H,16,18). The fourth-order valence-electron chi connectivity index (χ4n) is 1.58. The highest BCUT2D eigenvalue weighted by Crippen LogP contribution is 2.24. The summed E-state index contributed by atoms with van der Waals surface area (Å²) < 4.78 is 13.2. The molecule has 0 heterocycles. The third-order valence-electron chi connectivity index (χ3n) is 2.89. The molecule has 1 amide bonds. The largest absolute Gasteiger partial charge is 0.397 e. The van der Waals surface area contributed by atoms with Crippen LogP contribution in [0.2, 0.25) is 0 Å². The van der Waals surface area contributed by atoms with Crippen LogP contribution in [-0.2, 0) is 4.79 Å². The van der Waals surface area contributed by atoms with E-state index >= 15 is 0 Å². The summed E-state index contributed by atoms with van der Waals surface area (Å²) >= 11 is 0. The summed E-state index contributed by atoms with van der Waals surface area (Å²) in [6, 6.07) is 2.93. The monoisotopic (exact) mass is 253 g/mol. The van der Waals surface area contributed by atoms with Gasteiger partial charge in [0.05, 0.1) is 16.8 Å². The summed E-state index contributed by atoms with van der Waals surface area (Å²) in [5.74, 6) is -0.393. The van der Waals surface area contributed by atoms with E-state index in [1.54, 1.807) is 20.0 Å². The first-order chi connectivity index (χ1) is 8.27. The van der Waals surface area contributed by atoms with Crippen LogP contribution in [0.15, 0.2) is 12.1 Å². The van der Waals surface area contributed by atoms with E-state index in [1.165, 1.54) is 6.07 Å². The van der Waals surface area contributed by atoms with Crippen LogP contribution < -0.4 is 16.4 Å². The Morgan fingerprint density at radius 2 is 2.06 bits per heavy atom. The molecular formula is C13H20FN3O. The van der Waals surface area contributed by atoms with Gasteiger partial charge in [0, 0.05) is 13.6 Å². The summed E-state index contributed by atoms with van der Waals surface area (Å²) in [5.41, 5.74) is 6.66. The molecule has 5 heteroatoms. The third kappa shape index (κ3) is 3.12. The van der Waals surface area contributed by atoms with Crippen molar-refractivity contribution in [3.63, 3.8) is 0 Å². The second kappa shape index (κ2) is 5.25. The molecule has 0 fully saturated rings. The fraction of sp³-hybridized carbons (Fsp3) is 0.462. The van der Waals surface area contributed by atoms with E-state index in [-0.39, 0.29) is 11.7 Å². The van der Waals surface area contributed by atoms with Crippen LogP contribution in [0.5, 0.6) is 0 Å². The number of hydrogen-bond donors (Lipinski definition) is 3. The lowest BCUT2D eigenvalue weighted by Crippen LogP contribution is -2.39. The van der Waals surface area contributed by atoms with Gasteiger partial charge in [-0.25, -0.2) is 4.39 Å². The summed E-state index contributed by atoms with van der Waals surface area (Å²) in [7, 11) is 1.60. The Kier molecular flexibility index (Phi) is 4.16. The van der Waals surface area contributed by atoms with Gasteiger partial charge in [0.1, 0.15) is 5.82 Å². The molecule has 4 N–H and O–H groups in total. The highest BCUT2D eigenvalue weighted by molar-refractivity contribution is 5.82. The number of anilines is 2.